The lowest BCUT2D eigenvalue weighted by atomic mass is 10.2. The first-order chi connectivity index (χ1) is 10.9. The van der Waals surface area contributed by atoms with Crippen LogP contribution in [0, 0.1) is 6.92 Å². The fraction of sp³-hybridized carbons (Fsp3) is 0.176. The number of hydrogen-bond acceptors (Lipinski definition) is 2. The molecule has 0 aliphatic carbocycles. The number of carbonyl (C=O) groups is 2. The van der Waals surface area contributed by atoms with Crippen molar-refractivity contribution in [1.82, 2.24) is 0 Å². The minimum atomic E-state index is -0.319. The van der Waals surface area contributed by atoms with Gasteiger partial charge in [-0.1, -0.05) is 35.3 Å². The summed E-state index contributed by atoms with van der Waals surface area (Å²) in [5.41, 5.74) is 2.22. The van der Waals surface area contributed by atoms with Crippen molar-refractivity contribution in [3.05, 3.63) is 58.1 Å². The molecule has 23 heavy (non-hydrogen) atoms. The average Bonchev–Trinajstić information content (AvgIpc) is 2.48. The SMILES string of the molecule is CC(=O)N(CC(=O)Nc1ccc(Cl)c(Cl)c1)c1cccc(C)c1. The number of aryl methyl sites for hydroxylation is 1. The van der Waals surface area contributed by atoms with Gasteiger partial charge in [0, 0.05) is 18.3 Å². The Bertz CT molecular complexity index is 747. The number of amides is 2. The van der Waals surface area contributed by atoms with Crippen molar-refractivity contribution < 1.29 is 9.59 Å². The topological polar surface area (TPSA) is 49.4 Å². The quantitative estimate of drug-likeness (QED) is 0.893. The average molecular weight is 351 g/mol. The number of halogens is 2. The summed E-state index contributed by atoms with van der Waals surface area (Å²) in [5.74, 6) is -0.528. The maximum Gasteiger partial charge on any atom is 0.244 e. The van der Waals surface area contributed by atoms with Crippen LogP contribution in [-0.4, -0.2) is 18.4 Å². The highest BCUT2D eigenvalue weighted by molar-refractivity contribution is 6.42. The molecule has 0 heterocycles. The zero-order chi connectivity index (χ0) is 17.0. The van der Waals surface area contributed by atoms with Gasteiger partial charge in [0.15, 0.2) is 0 Å². The van der Waals surface area contributed by atoms with Gasteiger partial charge in [-0.2, -0.15) is 0 Å². The molecule has 2 rings (SSSR count). The number of anilines is 2. The third-order valence-corrected chi connectivity index (χ3v) is 3.94. The minimum absolute atomic E-state index is 0.0843. The van der Waals surface area contributed by atoms with Gasteiger partial charge in [-0.05, 0) is 42.8 Å². The zero-order valence-corrected chi connectivity index (χ0v) is 14.3. The number of nitrogens with one attached hydrogen (secondary N) is 1. The van der Waals surface area contributed by atoms with E-state index in [1.807, 2.05) is 25.1 Å². The van der Waals surface area contributed by atoms with Gasteiger partial charge in [0.1, 0.15) is 6.54 Å². The van der Waals surface area contributed by atoms with Crippen LogP contribution < -0.4 is 10.2 Å². The third kappa shape index (κ3) is 4.71. The lowest BCUT2D eigenvalue weighted by Crippen LogP contribution is -2.36. The molecule has 0 radical (unpaired) electrons. The molecule has 0 aromatic heterocycles. The summed E-state index contributed by atoms with van der Waals surface area (Å²) < 4.78 is 0. The third-order valence-electron chi connectivity index (χ3n) is 3.20. The maximum absolute atomic E-state index is 12.2. The molecule has 1 N–H and O–H groups in total. The van der Waals surface area contributed by atoms with Crippen molar-refractivity contribution in [2.75, 3.05) is 16.8 Å². The molecule has 2 aromatic rings. The molecule has 0 aliphatic heterocycles. The smallest absolute Gasteiger partial charge is 0.244 e. The molecule has 0 unspecified atom stereocenters. The zero-order valence-electron chi connectivity index (χ0n) is 12.8. The van der Waals surface area contributed by atoms with E-state index < -0.39 is 0 Å². The standard InChI is InChI=1S/C17H16Cl2N2O2/c1-11-4-3-5-14(8-11)21(12(2)22)10-17(23)20-13-6-7-15(18)16(19)9-13/h3-9H,10H2,1-2H3,(H,20,23). The Hall–Kier alpha value is -2.04. The largest absolute Gasteiger partial charge is 0.324 e. The predicted octanol–water partition coefficient (Wildman–Crippen LogP) is 4.29. The van der Waals surface area contributed by atoms with Crippen molar-refractivity contribution in [3.63, 3.8) is 0 Å². The van der Waals surface area contributed by atoms with Crippen LogP contribution in [0.4, 0.5) is 11.4 Å². The molecule has 2 amide bonds. The van der Waals surface area contributed by atoms with Gasteiger partial charge in [-0.25, -0.2) is 0 Å². The highest BCUT2D eigenvalue weighted by Gasteiger charge is 2.16. The second-order valence-corrected chi connectivity index (χ2v) is 5.94. The highest BCUT2D eigenvalue weighted by Crippen LogP contribution is 2.25. The summed E-state index contributed by atoms with van der Waals surface area (Å²) in [6, 6.07) is 12.2. The van der Waals surface area contributed by atoms with Gasteiger partial charge in [0.05, 0.1) is 10.0 Å². The summed E-state index contributed by atoms with van der Waals surface area (Å²) in [6.07, 6.45) is 0. The van der Waals surface area contributed by atoms with Crippen molar-refractivity contribution in [2.45, 2.75) is 13.8 Å². The van der Waals surface area contributed by atoms with Gasteiger partial charge in [-0.15, -0.1) is 0 Å². The van der Waals surface area contributed by atoms with Gasteiger partial charge >= 0.3 is 0 Å². The van der Waals surface area contributed by atoms with Crippen molar-refractivity contribution in [1.29, 1.82) is 0 Å². The molecule has 0 aliphatic rings. The first kappa shape index (κ1) is 17.3. The molecule has 0 saturated heterocycles. The molecular formula is C17H16Cl2N2O2. The van der Waals surface area contributed by atoms with Gasteiger partial charge in [0.2, 0.25) is 11.8 Å². The predicted molar refractivity (Wildman–Crippen MR) is 94.3 cm³/mol. The Labute approximate surface area is 145 Å². The lowest BCUT2D eigenvalue weighted by molar-refractivity contribution is -0.120. The van der Waals surface area contributed by atoms with Crippen LogP contribution in [0.25, 0.3) is 0 Å². The summed E-state index contributed by atoms with van der Waals surface area (Å²) >= 11 is 11.8. The van der Waals surface area contributed by atoms with E-state index in [4.69, 9.17) is 23.2 Å². The summed E-state index contributed by atoms with van der Waals surface area (Å²) in [4.78, 5) is 25.5. The van der Waals surface area contributed by atoms with Gasteiger partial charge in [-0.3, -0.25) is 9.59 Å². The van der Waals surface area contributed by atoms with E-state index in [9.17, 15) is 9.59 Å². The molecule has 2 aromatic carbocycles. The fourth-order valence-electron chi connectivity index (χ4n) is 2.10. The molecule has 4 nitrogen and oxygen atoms in total. The van der Waals surface area contributed by atoms with Crippen LogP contribution >= 0.6 is 23.2 Å². The van der Waals surface area contributed by atoms with Crippen molar-refractivity contribution in [2.24, 2.45) is 0 Å². The number of nitrogens with zero attached hydrogens (tertiary/aromatic N) is 1. The first-order valence-corrected chi connectivity index (χ1v) is 7.72. The number of hydrogen-bond donors (Lipinski definition) is 1. The van der Waals surface area contributed by atoms with E-state index in [-0.39, 0.29) is 18.4 Å². The number of carbonyl (C=O) groups excluding carboxylic acids is 2. The van der Waals surface area contributed by atoms with Crippen LogP contribution in [0.3, 0.4) is 0 Å². The Morgan fingerprint density at radius 2 is 1.83 bits per heavy atom. The van der Waals surface area contributed by atoms with E-state index in [2.05, 4.69) is 5.32 Å². The Balaban J connectivity index is 2.12. The molecule has 0 saturated carbocycles. The first-order valence-electron chi connectivity index (χ1n) is 6.96. The highest BCUT2D eigenvalue weighted by atomic mass is 35.5. The summed E-state index contributed by atoms with van der Waals surface area (Å²) in [6.45, 7) is 3.27. The molecule has 0 spiro atoms. The van der Waals surface area contributed by atoms with Crippen LogP contribution in [0.15, 0.2) is 42.5 Å². The van der Waals surface area contributed by atoms with Crippen LogP contribution in [0.5, 0.6) is 0 Å². The lowest BCUT2D eigenvalue weighted by Gasteiger charge is -2.21. The second kappa shape index (κ2) is 7.49. The van der Waals surface area contributed by atoms with E-state index >= 15 is 0 Å². The van der Waals surface area contributed by atoms with Crippen LogP contribution in [0.1, 0.15) is 12.5 Å². The van der Waals surface area contributed by atoms with Gasteiger partial charge in [0.25, 0.3) is 0 Å². The van der Waals surface area contributed by atoms with Crippen LogP contribution in [0.2, 0.25) is 10.0 Å². The fourth-order valence-corrected chi connectivity index (χ4v) is 2.40. The Morgan fingerprint density at radius 3 is 2.43 bits per heavy atom. The van der Waals surface area contributed by atoms with Crippen molar-refractivity contribution in [3.8, 4) is 0 Å². The van der Waals surface area contributed by atoms with Crippen LogP contribution in [-0.2, 0) is 9.59 Å². The number of rotatable bonds is 4. The monoisotopic (exact) mass is 350 g/mol. The van der Waals surface area contributed by atoms with E-state index in [1.165, 1.54) is 11.8 Å². The number of benzene rings is 2. The second-order valence-electron chi connectivity index (χ2n) is 5.12. The molecule has 120 valence electrons. The molecular weight excluding hydrogens is 335 g/mol. The molecule has 6 heteroatoms. The molecule has 0 bridgehead atoms. The summed E-state index contributed by atoms with van der Waals surface area (Å²) in [5, 5.41) is 3.47. The Kier molecular flexibility index (Phi) is 5.64. The maximum atomic E-state index is 12.2. The minimum Gasteiger partial charge on any atom is -0.324 e. The Morgan fingerprint density at radius 1 is 1.09 bits per heavy atom. The van der Waals surface area contributed by atoms with Gasteiger partial charge < -0.3 is 10.2 Å². The van der Waals surface area contributed by atoms with E-state index in [1.54, 1.807) is 24.3 Å². The van der Waals surface area contributed by atoms with E-state index in [0.29, 0.717) is 21.4 Å². The molecule has 0 fully saturated rings. The molecule has 0 atom stereocenters. The van der Waals surface area contributed by atoms with E-state index in [0.717, 1.165) is 5.56 Å². The normalized spacial score (nSPS) is 10.3. The summed E-state index contributed by atoms with van der Waals surface area (Å²) in [7, 11) is 0. The van der Waals surface area contributed by atoms with Crippen molar-refractivity contribution >= 4 is 46.4 Å².